The van der Waals surface area contributed by atoms with Gasteiger partial charge in [-0.25, -0.2) is 4.98 Å². The van der Waals surface area contributed by atoms with Gasteiger partial charge >= 0.3 is 0 Å². The molecule has 5 N–H and O–H groups in total. The number of aromatic hydroxyl groups is 1. The zero-order valence-electron chi connectivity index (χ0n) is 26.1. The predicted molar refractivity (Wildman–Crippen MR) is 170 cm³/mol. The van der Waals surface area contributed by atoms with Gasteiger partial charge in [-0.2, -0.15) is 4.39 Å². The van der Waals surface area contributed by atoms with Crippen LogP contribution >= 0.6 is 0 Å². The van der Waals surface area contributed by atoms with Crippen molar-refractivity contribution in [3.63, 3.8) is 0 Å². The molecule has 1 aliphatic rings. The number of aliphatic hydroxyl groups excluding tert-OH is 1. The first kappa shape index (κ1) is 35.3. The lowest BCUT2D eigenvalue weighted by Gasteiger charge is -2.44. The summed E-state index contributed by atoms with van der Waals surface area (Å²) < 4.78 is 13.5. The summed E-state index contributed by atoms with van der Waals surface area (Å²) in [6.07, 6.45) is 6.32. The third-order valence-corrected chi connectivity index (χ3v) is 8.12. The second-order valence-electron chi connectivity index (χ2n) is 10.9. The van der Waals surface area contributed by atoms with Gasteiger partial charge in [0.05, 0.1) is 18.3 Å². The molecular formula is C32H51FN6O3. The number of hydrogen-bond acceptors (Lipinski definition) is 8. The molecule has 3 rings (SSSR count). The number of nitrogens with one attached hydrogen (secondary N) is 1. The molecular weight excluding hydrogens is 535 g/mol. The number of aromatic nitrogens is 2. The number of phenolic OH excluding ortho intramolecular Hbond substituents is 1. The number of benzene rings is 1. The van der Waals surface area contributed by atoms with Crippen LogP contribution in [0.2, 0.25) is 0 Å². The molecule has 1 aromatic carbocycles. The number of aliphatic imine (C=N–C) groups is 1. The number of aromatic amines is 1. The molecule has 1 saturated heterocycles. The van der Waals surface area contributed by atoms with Crippen LogP contribution in [0.15, 0.2) is 40.6 Å². The van der Waals surface area contributed by atoms with Crippen LogP contribution in [0.3, 0.4) is 0 Å². The van der Waals surface area contributed by atoms with Gasteiger partial charge < -0.3 is 20.9 Å². The third-order valence-electron chi connectivity index (χ3n) is 8.12. The zero-order chi connectivity index (χ0) is 31.2. The highest BCUT2D eigenvalue weighted by molar-refractivity contribution is 5.94. The second-order valence-corrected chi connectivity index (χ2v) is 10.9. The maximum Gasteiger partial charge on any atom is 0.269 e. The molecule has 0 saturated carbocycles. The Hall–Kier alpha value is -2.92. The Labute approximate surface area is 250 Å². The summed E-state index contributed by atoms with van der Waals surface area (Å²) in [6, 6.07) is 8.67. The Bertz CT molecular complexity index is 1190. The van der Waals surface area contributed by atoms with Crippen molar-refractivity contribution in [3.05, 3.63) is 64.1 Å². The van der Waals surface area contributed by atoms with Gasteiger partial charge in [0.1, 0.15) is 11.4 Å². The van der Waals surface area contributed by atoms with Gasteiger partial charge in [0, 0.05) is 50.9 Å². The SMILES string of the molecule is C=C(CC(CN)=NC)c1[nH]c(=O)c(C)nc1F.CCCN(C(CC)CC)C1CCN([C@@H](CO)c2ccc(O)cc2)CC1. The topological polar surface area (TPSA) is 131 Å². The van der Waals surface area contributed by atoms with E-state index in [0.717, 1.165) is 18.7 Å². The molecule has 42 heavy (non-hydrogen) atoms. The maximum absolute atomic E-state index is 13.5. The van der Waals surface area contributed by atoms with Crippen molar-refractivity contribution in [1.29, 1.82) is 0 Å². The van der Waals surface area contributed by atoms with E-state index in [1.54, 1.807) is 19.2 Å². The first-order valence-electron chi connectivity index (χ1n) is 15.1. The van der Waals surface area contributed by atoms with Crippen LogP contribution in [0.25, 0.3) is 5.57 Å². The summed E-state index contributed by atoms with van der Waals surface area (Å²) in [4.78, 5) is 26.3. The average Bonchev–Trinajstić information content (AvgIpc) is 2.99. The molecule has 9 nitrogen and oxygen atoms in total. The fraction of sp³-hybridized carbons (Fsp3) is 0.594. The van der Waals surface area contributed by atoms with Crippen molar-refractivity contribution < 1.29 is 14.6 Å². The number of H-pyrrole nitrogens is 1. The van der Waals surface area contributed by atoms with Crippen LogP contribution in [0.1, 0.15) is 82.3 Å². The quantitative estimate of drug-likeness (QED) is 0.255. The second kappa shape index (κ2) is 17.9. The molecule has 1 atom stereocenters. The Morgan fingerprint density at radius 1 is 1.24 bits per heavy atom. The monoisotopic (exact) mass is 586 g/mol. The van der Waals surface area contributed by atoms with E-state index in [4.69, 9.17) is 5.73 Å². The van der Waals surface area contributed by atoms with E-state index in [-0.39, 0.29) is 36.3 Å². The summed E-state index contributed by atoms with van der Waals surface area (Å²) >= 11 is 0. The van der Waals surface area contributed by atoms with Crippen molar-refractivity contribution >= 4 is 11.3 Å². The molecule has 2 aromatic rings. The average molecular weight is 587 g/mol. The van der Waals surface area contributed by atoms with Gasteiger partial charge in [-0.1, -0.05) is 39.5 Å². The van der Waals surface area contributed by atoms with Crippen LogP contribution in [-0.4, -0.2) is 87.6 Å². The van der Waals surface area contributed by atoms with Crippen LogP contribution in [0.5, 0.6) is 5.75 Å². The van der Waals surface area contributed by atoms with E-state index in [1.807, 2.05) is 12.1 Å². The number of likely N-dealkylation sites (tertiary alicyclic amines) is 1. The van der Waals surface area contributed by atoms with Crippen LogP contribution in [0.4, 0.5) is 4.39 Å². The lowest BCUT2D eigenvalue weighted by molar-refractivity contribution is 0.0391. The molecule has 2 heterocycles. The summed E-state index contributed by atoms with van der Waals surface area (Å²) in [7, 11) is 1.60. The van der Waals surface area contributed by atoms with E-state index in [0.29, 0.717) is 29.8 Å². The number of rotatable bonds is 13. The number of nitrogens with two attached hydrogens (primary N) is 1. The number of piperidine rings is 1. The van der Waals surface area contributed by atoms with Gasteiger partial charge in [0.25, 0.3) is 5.56 Å². The number of allylic oxidation sites excluding steroid dienone is 1. The van der Waals surface area contributed by atoms with Crippen molar-refractivity contribution in [2.45, 2.75) is 84.3 Å². The smallest absolute Gasteiger partial charge is 0.269 e. The number of halogens is 1. The molecule has 0 radical (unpaired) electrons. The van der Waals surface area contributed by atoms with Gasteiger partial charge in [0.2, 0.25) is 5.95 Å². The normalized spacial score (nSPS) is 15.5. The van der Waals surface area contributed by atoms with Gasteiger partial charge in [-0.15, -0.1) is 0 Å². The van der Waals surface area contributed by atoms with E-state index in [9.17, 15) is 19.4 Å². The molecule has 0 aliphatic carbocycles. The fourth-order valence-corrected chi connectivity index (χ4v) is 5.66. The number of aliphatic hydroxyl groups is 1. The number of nitrogens with zero attached hydrogens (tertiary/aromatic N) is 4. The predicted octanol–water partition coefficient (Wildman–Crippen LogP) is 4.44. The van der Waals surface area contributed by atoms with Crippen molar-refractivity contribution in [1.82, 2.24) is 19.8 Å². The number of phenols is 1. The van der Waals surface area contributed by atoms with E-state index in [1.165, 1.54) is 45.6 Å². The van der Waals surface area contributed by atoms with Crippen LogP contribution in [-0.2, 0) is 0 Å². The number of aryl methyl sites for hydroxylation is 1. The number of hydrogen-bond donors (Lipinski definition) is 4. The molecule has 1 fully saturated rings. The van der Waals surface area contributed by atoms with Gasteiger partial charge in [-0.05, 0) is 68.8 Å². The summed E-state index contributed by atoms with van der Waals surface area (Å²) in [6.45, 7) is 15.7. The third kappa shape index (κ3) is 9.83. The van der Waals surface area contributed by atoms with E-state index >= 15 is 0 Å². The van der Waals surface area contributed by atoms with Gasteiger partial charge in [0.15, 0.2) is 0 Å². The van der Waals surface area contributed by atoms with Crippen LogP contribution in [0, 0.1) is 12.9 Å². The Morgan fingerprint density at radius 2 is 1.86 bits per heavy atom. The highest BCUT2D eigenvalue weighted by Gasteiger charge is 2.30. The van der Waals surface area contributed by atoms with Gasteiger partial charge in [-0.3, -0.25) is 19.6 Å². The summed E-state index contributed by atoms with van der Waals surface area (Å²) in [5, 5.41) is 19.4. The highest BCUT2D eigenvalue weighted by atomic mass is 19.1. The van der Waals surface area contributed by atoms with Crippen molar-refractivity contribution in [2.75, 3.05) is 39.8 Å². The first-order valence-corrected chi connectivity index (χ1v) is 15.1. The Morgan fingerprint density at radius 3 is 2.36 bits per heavy atom. The molecule has 1 aromatic heterocycles. The fourth-order valence-electron chi connectivity index (χ4n) is 5.66. The highest BCUT2D eigenvalue weighted by Crippen LogP contribution is 2.29. The minimum atomic E-state index is -0.737. The van der Waals surface area contributed by atoms with Crippen molar-refractivity contribution in [2.24, 2.45) is 10.7 Å². The van der Waals surface area contributed by atoms with Crippen LogP contribution < -0.4 is 11.3 Å². The summed E-state index contributed by atoms with van der Waals surface area (Å²) in [5.41, 5.74) is 7.28. The van der Waals surface area contributed by atoms with Crippen molar-refractivity contribution in [3.8, 4) is 5.75 Å². The lowest BCUT2D eigenvalue weighted by atomic mass is 9.96. The Kier molecular flexibility index (Phi) is 15.0. The minimum Gasteiger partial charge on any atom is -0.508 e. The molecule has 0 amide bonds. The van der Waals surface area contributed by atoms with E-state index in [2.05, 4.69) is 52.1 Å². The van der Waals surface area contributed by atoms with E-state index < -0.39 is 11.5 Å². The lowest BCUT2D eigenvalue weighted by Crippen LogP contribution is -2.50. The first-order chi connectivity index (χ1) is 20.1. The summed E-state index contributed by atoms with van der Waals surface area (Å²) in [5.74, 6) is -0.459. The molecule has 0 spiro atoms. The molecule has 0 bridgehead atoms. The minimum absolute atomic E-state index is 0.00944. The molecule has 10 heteroatoms. The maximum atomic E-state index is 13.5. The standard InChI is InChI=1S/C21H36N2O2.C11H15FN4O/c1-4-13-23(18(5-2)6-3)19-11-14-22(15-12-19)21(16-24)17-7-9-20(25)10-8-17;1-6(4-8(5-13)14-3)9-10(12)15-7(2)11(17)16-9/h7-10,18-19,21,24-25H,4-6,11-16H2,1-3H3;1,4-5,13H2,2-3H3,(H,16,17)/t21-;/m0./s1. The Balaban J connectivity index is 0.000000317. The molecule has 0 unspecified atom stereocenters. The molecule has 1 aliphatic heterocycles. The zero-order valence-corrected chi connectivity index (χ0v) is 26.1. The largest absolute Gasteiger partial charge is 0.508 e. The molecule has 234 valence electrons.